The van der Waals surface area contributed by atoms with E-state index >= 15 is 0 Å². The van der Waals surface area contributed by atoms with E-state index in [9.17, 15) is 58.8 Å². The van der Waals surface area contributed by atoms with Crippen molar-refractivity contribution in [3.05, 3.63) is 59.1 Å². The van der Waals surface area contributed by atoms with Gasteiger partial charge in [-0.1, -0.05) is 175 Å². The zero-order valence-corrected chi connectivity index (χ0v) is 72.4. The number of aldehydes is 1. The van der Waals surface area contributed by atoms with Crippen molar-refractivity contribution in [3.63, 3.8) is 0 Å². The number of carbonyl (C=O) groups excluding carboxylic acids is 7. The number of amides is 6. The summed E-state index contributed by atoms with van der Waals surface area (Å²) in [4.78, 5) is 89.6. The molecule has 0 spiro atoms. The number of epoxide rings is 1. The van der Waals surface area contributed by atoms with Crippen LogP contribution in [-0.2, 0) is 65.6 Å². The number of carboxylic acids is 1. The fraction of sp³-hybridized carbons (Fsp3) is 0.780. The molecule has 7 saturated carbocycles. The average molecular weight is 1680 g/mol. The first kappa shape index (κ1) is 116. The molecule has 6 unspecified atom stereocenters. The molecule has 32 heteroatoms. The number of aliphatic carboxylic acids is 1. The Hall–Kier alpha value is -6.20. The van der Waals surface area contributed by atoms with Gasteiger partial charge in [-0.15, -0.1) is 18.3 Å². The predicted molar refractivity (Wildman–Crippen MR) is 445 cm³/mol. The summed E-state index contributed by atoms with van der Waals surface area (Å²) in [6, 6.07) is 1.15. The van der Waals surface area contributed by atoms with Gasteiger partial charge in [0.05, 0.1) is 18.8 Å². The number of aliphatic hydroxyl groups excluding tert-OH is 6. The average Bonchev–Trinajstić information content (AvgIpc) is 1.66. The summed E-state index contributed by atoms with van der Waals surface area (Å²) in [5.41, 5.74) is 24.8. The fourth-order valence-electron chi connectivity index (χ4n) is 8.73. The number of ether oxygens (including phenoxy) is 1. The van der Waals surface area contributed by atoms with Crippen molar-refractivity contribution in [3.8, 4) is 11.8 Å². The molecule has 30 nitrogen and oxygen atoms in total. The summed E-state index contributed by atoms with van der Waals surface area (Å²) in [6.07, 6.45) is 44.4. The number of rotatable bonds is 39. The predicted octanol–water partition coefficient (Wildman–Crippen LogP) is 9.50. The Morgan fingerprint density at radius 3 is 1.24 bits per heavy atom. The Balaban J connectivity index is -0.000000385. The van der Waals surface area contributed by atoms with Gasteiger partial charge in [-0.25, -0.2) is 4.79 Å². The topological polar surface area (TPSA) is 524 Å². The monoisotopic (exact) mass is 1680 g/mol. The molecule has 8 aliphatic rings. The molecule has 661 valence electrons. The minimum atomic E-state index is -1.44. The molecule has 8 fully saturated rings. The normalized spacial score (nSPS) is 18.2. The SMILES string of the molecule is CCC/C=C/C(=O)NC1CC1.CCC/C=C/C(=O)O.CCC/C=C/C=O.CCC/C=C/CO.CCCC#CCO.CCCC(N)C(O)C(=O)NC1CC1.CCCC(N=[N+]=[N-])C(O)C(=O)NC1CC1.CCCC1OC1C(=O)NC1CC1.CCC[C@H](C)[C@H](O)C(=O)NC1CC1.CCC[C@H](N)[C@H](O)C(=O)NC1CC1.Cl.NC1CC1.[O]=[Mn]=[O]. The molecule has 6 amide bonds. The second kappa shape index (κ2) is 79.3. The standard InChI is InChI=1S/C10H19NO2.C9H16N4O2.2C9H18N2O2.C9H15NO2.C9H15NO.C6H10O2.C6H12O.2C6H10O.C3H7N.ClH.Mn.2O/c1-3-4-7(2)9(12)10(13)11-8-5-6-8;1-2-3-7(12-13-10)8(14)9(15)11-6-4-5-6;2*1-2-3-7(10)8(12)9(13)11-6-4-5-6;1-2-3-7-8(12-7)9(11)10-6-4-5-6;1-2-3-4-5-9(11)10-8-6-7-8;1-2-3-4-5-6(7)8;3*1-2-3-4-5-6-7;4-3-1-2-3;;;;/h7-9,12H,3-6H2,1-2H3,(H,11,13);6-8,14H,2-5H2,1H3,(H,11,15);2*6-8,12H,2-5,10H2,1H3,(H,11,13);6-8H,2-5H2,1H3,(H,10,11);4-5,8H,2-3,6-7H2,1H3,(H,10,11);4-5H,2-3H2,1H3,(H,7,8);4-5,7H,2-3,6H2,1H3;7H,2-3,6H2,1H3;4-6H,2-3H2,1H3;3H,1-2,4H2;1H;;;/b;;;;;3*5-4+;;5-4+;;;;;/t7-,9-;;7-,8-;;;;;;;;;;;;/m0.0............/s1. The molecule has 114 heavy (non-hydrogen) atoms. The van der Waals surface area contributed by atoms with Crippen molar-refractivity contribution in [2.75, 3.05) is 13.2 Å². The number of nitrogens with one attached hydrogen (secondary N) is 6. The van der Waals surface area contributed by atoms with Crippen LogP contribution in [-0.4, -0.2) is 194 Å². The Labute approximate surface area is 693 Å². The molecule has 10 atom stereocenters. The van der Waals surface area contributed by atoms with Crippen LogP contribution >= 0.6 is 12.4 Å². The number of unbranched alkanes of at least 4 members (excludes halogenated alkanes) is 5. The molecule has 0 aromatic carbocycles. The number of hydrogen-bond acceptors (Lipinski definition) is 21. The van der Waals surface area contributed by atoms with E-state index in [0.29, 0.717) is 43.4 Å². The Morgan fingerprint density at radius 1 is 0.518 bits per heavy atom. The number of aliphatic hydroxyl groups is 6. The Bertz CT molecular complexity index is 2670. The summed E-state index contributed by atoms with van der Waals surface area (Å²) in [6.45, 7) is 22.5. The van der Waals surface area contributed by atoms with Crippen molar-refractivity contribution in [2.45, 2.75) is 392 Å². The number of allylic oxidation sites excluding steroid dienone is 5. The molecular formula is C82H151ClMnN12O18. The molecule has 1 aliphatic heterocycles. The van der Waals surface area contributed by atoms with Crippen molar-refractivity contribution in [2.24, 2.45) is 28.2 Å². The van der Waals surface area contributed by atoms with Gasteiger partial charge in [-0.05, 0) is 178 Å². The third kappa shape index (κ3) is 79.6. The van der Waals surface area contributed by atoms with Crippen LogP contribution in [0.15, 0.2) is 53.7 Å². The number of hydrogen-bond donors (Lipinski definition) is 16. The zero-order valence-electron chi connectivity index (χ0n) is 70.4. The van der Waals surface area contributed by atoms with E-state index in [1.807, 2.05) is 52.8 Å². The van der Waals surface area contributed by atoms with Gasteiger partial charge in [0.25, 0.3) is 17.7 Å². The molecule has 7 aliphatic carbocycles. The van der Waals surface area contributed by atoms with E-state index in [-0.39, 0.29) is 91.4 Å². The van der Waals surface area contributed by atoms with Crippen molar-refractivity contribution < 1.29 is 101 Å². The van der Waals surface area contributed by atoms with Gasteiger partial charge in [-0.3, -0.25) is 33.6 Å². The van der Waals surface area contributed by atoms with Gasteiger partial charge in [0.1, 0.15) is 37.3 Å². The first-order chi connectivity index (χ1) is 54.1. The van der Waals surface area contributed by atoms with Crippen LogP contribution < -0.4 is 49.1 Å². The van der Waals surface area contributed by atoms with Crippen LogP contribution in [0.3, 0.4) is 0 Å². The van der Waals surface area contributed by atoms with Crippen LogP contribution in [0, 0.1) is 17.8 Å². The van der Waals surface area contributed by atoms with Gasteiger partial charge in [-0.2, -0.15) is 0 Å². The number of nitrogens with two attached hydrogens (primary N) is 3. The van der Waals surface area contributed by atoms with Gasteiger partial charge < -0.3 is 89.6 Å². The third-order valence-electron chi connectivity index (χ3n) is 16.6. The number of carboxylic acid groups (broad SMARTS) is 1. The second-order valence-electron chi connectivity index (χ2n) is 28.8. The van der Waals surface area contributed by atoms with Gasteiger partial charge >= 0.3 is 28.5 Å². The Kier molecular flexibility index (Phi) is 80.9. The molecule has 0 aromatic heterocycles. The van der Waals surface area contributed by atoms with E-state index in [4.69, 9.17) is 50.5 Å². The maximum atomic E-state index is 11.4. The minimum absolute atomic E-state index is 0. The second-order valence-corrected chi connectivity index (χ2v) is 29.0. The third-order valence-corrected chi connectivity index (χ3v) is 16.6. The first-order valence-corrected chi connectivity index (χ1v) is 42.4. The molecular weight excluding hydrogens is 1530 g/mol. The summed E-state index contributed by atoms with van der Waals surface area (Å²) in [7, 11) is 0. The van der Waals surface area contributed by atoms with Gasteiger partial charge in [0.15, 0.2) is 6.10 Å². The molecule has 0 radical (unpaired) electrons. The van der Waals surface area contributed by atoms with Crippen molar-refractivity contribution in [1.82, 2.24) is 31.9 Å². The number of halogens is 1. The summed E-state index contributed by atoms with van der Waals surface area (Å²) in [5, 5.41) is 82.7. The van der Waals surface area contributed by atoms with E-state index in [0.717, 1.165) is 192 Å². The van der Waals surface area contributed by atoms with E-state index in [1.165, 1.54) is 25.0 Å². The van der Waals surface area contributed by atoms with Crippen LogP contribution in [0.4, 0.5) is 0 Å². The Morgan fingerprint density at radius 2 is 0.895 bits per heavy atom. The van der Waals surface area contributed by atoms with E-state index < -0.39 is 69.2 Å². The molecule has 1 heterocycles. The molecule has 0 bridgehead atoms. The van der Waals surface area contributed by atoms with Crippen LogP contribution in [0.25, 0.3) is 10.4 Å². The maximum absolute atomic E-state index is 11.4. The molecule has 8 rings (SSSR count). The van der Waals surface area contributed by atoms with Crippen LogP contribution in [0.2, 0.25) is 0 Å². The van der Waals surface area contributed by atoms with Crippen molar-refractivity contribution >= 4 is 60.1 Å². The molecule has 0 aromatic rings. The van der Waals surface area contributed by atoms with Gasteiger partial charge in [0, 0.05) is 71.8 Å². The molecule has 1 saturated heterocycles. The zero-order chi connectivity index (χ0) is 86.2. The number of azide groups is 1. The summed E-state index contributed by atoms with van der Waals surface area (Å²) >= 11 is -1.44. The molecule has 19 N–H and O–H groups in total. The number of nitrogens with zero attached hydrogens (tertiary/aromatic N) is 3. The van der Waals surface area contributed by atoms with Crippen LogP contribution in [0.1, 0.15) is 294 Å². The first-order valence-electron chi connectivity index (χ1n) is 41.5. The van der Waals surface area contributed by atoms with Crippen LogP contribution in [0.5, 0.6) is 0 Å². The van der Waals surface area contributed by atoms with E-state index in [2.05, 4.69) is 95.3 Å². The summed E-state index contributed by atoms with van der Waals surface area (Å²) < 4.78 is 22.0. The van der Waals surface area contributed by atoms with Gasteiger partial charge in [0.2, 0.25) is 17.7 Å². The number of carbonyl (C=O) groups is 8. The summed E-state index contributed by atoms with van der Waals surface area (Å²) in [5.74, 6) is 3.48. The van der Waals surface area contributed by atoms with Crippen molar-refractivity contribution in [1.29, 1.82) is 0 Å². The fourth-order valence-corrected chi connectivity index (χ4v) is 8.73. The van der Waals surface area contributed by atoms with E-state index in [1.54, 1.807) is 18.2 Å². The quantitative estimate of drug-likeness (QED) is 0.00313.